The van der Waals surface area contributed by atoms with E-state index in [-0.39, 0.29) is 0 Å². The molecule has 2 aromatic carbocycles. The number of aromatic nitrogens is 2. The highest BCUT2D eigenvalue weighted by molar-refractivity contribution is 9.10. The predicted molar refractivity (Wildman–Crippen MR) is 85.3 cm³/mol. The van der Waals surface area contributed by atoms with Crippen LogP contribution in [-0.2, 0) is 0 Å². The number of benzene rings is 2. The second-order valence-electron chi connectivity index (χ2n) is 4.73. The monoisotopic (exact) mass is 342 g/mol. The van der Waals surface area contributed by atoms with E-state index in [2.05, 4.69) is 25.9 Å². The van der Waals surface area contributed by atoms with Crippen molar-refractivity contribution in [3.63, 3.8) is 0 Å². The van der Waals surface area contributed by atoms with Crippen molar-refractivity contribution in [2.24, 2.45) is 0 Å². The maximum absolute atomic E-state index is 5.37. The number of ether oxygens (including phenoxy) is 2. The highest BCUT2D eigenvalue weighted by Crippen LogP contribution is 2.32. The molecule has 0 radical (unpaired) electrons. The number of H-pyrrole nitrogens is 1. The molecule has 21 heavy (non-hydrogen) atoms. The number of hydrogen-bond acceptors (Lipinski definition) is 3. The van der Waals surface area contributed by atoms with Gasteiger partial charge in [-0.15, -0.1) is 0 Å². The fourth-order valence-electron chi connectivity index (χ4n) is 2.27. The van der Waals surface area contributed by atoms with Gasteiger partial charge in [0.2, 0.25) is 6.79 Å². The first kappa shape index (κ1) is 12.5. The molecule has 5 heteroatoms. The third kappa shape index (κ3) is 2.40. The summed E-state index contributed by atoms with van der Waals surface area (Å²) in [7, 11) is 0. The van der Waals surface area contributed by atoms with Crippen molar-refractivity contribution in [3.05, 3.63) is 52.3 Å². The molecule has 0 fully saturated rings. The third-order valence-corrected chi connectivity index (χ3v) is 3.79. The third-order valence-electron chi connectivity index (χ3n) is 3.29. The lowest BCUT2D eigenvalue weighted by molar-refractivity contribution is 0.174. The van der Waals surface area contributed by atoms with E-state index in [0.29, 0.717) is 6.79 Å². The van der Waals surface area contributed by atoms with Crippen LogP contribution in [0.4, 0.5) is 0 Å². The number of fused-ring (bicyclic) bond motifs is 2. The molecule has 104 valence electrons. The van der Waals surface area contributed by atoms with E-state index >= 15 is 0 Å². The Labute approximate surface area is 129 Å². The van der Waals surface area contributed by atoms with E-state index in [1.54, 1.807) is 0 Å². The topological polar surface area (TPSA) is 47.1 Å². The van der Waals surface area contributed by atoms with Gasteiger partial charge in [-0.3, -0.25) is 0 Å². The zero-order valence-electron chi connectivity index (χ0n) is 11.0. The zero-order valence-corrected chi connectivity index (χ0v) is 12.6. The summed E-state index contributed by atoms with van der Waals surface area (Å²) in [5, 5.41) is 0. The lowest BCUT2D eigenvalue weighted by Crippen LogP contribution is -1.92. The molecule has 0 atom stereocenters. The van der Waals surface area contributed by atoms with Gasteiger partial charge in [0.1, 0.15) is 5.82 Å². The Hall–Kier alpha value is -2.27. The predicted octanol–water partition coefficient (Wildman–Crippen LogP) is 4.22. The summed E-state index contributed by atoms with van der Waals surface area (Å²) >= 11 is 3.45. The zero-order chi connectivity index (χ0) is 14.2. The average molecular weight is 343 g/mol. The Kier molecular flexibility index (Phi) is 2.93. The standard InChI is InChI=1S/C16H11BrN2O2/c17-11-3-4-12-13(8-11)19-16(18-12)6-2-10-1-5-14-15(7-10)21-9-20-14/h1-8H,9H2,(H,18,19)/b6-2+. The molecule has 1 aromatic heterocycles. The molecular formula is C16H11BrN2O2. The molecule has 0 amide bonds. The van der Waals surface area contributed by atoms with E-state index in [0.717, 1.165) is 38.4 Å². The lowest BCUT2D eigenvalue weighted by atomic mass is 10.2. The SMILES string of the molecule is Brc1ccc2nc(/C=C/c3ccc4c(c3)OCO4)[nH]c2c1. The van der Waals surface area contributed by atoms with E-state index in [4.69, 9.17) is 9.47 Å². The van der Waals surface area contributed by atoms with Crippen LogP contribution in [-0.4, -0.2) is 16.8 Å². The quantitative estimate of drug-likeness (QED) is 0.758. The number of nitrogens with one attached hydrogen (secondary N) is 1. The highest BCUT2D eigenvalue weighted by Gasteiger charge is 2.12. The van der Waals surface area contributed by atoms with Crippen molar-refractivity contribution in [1.82, 2.24) is 9.97 Å². The van der Waals surface area contributed by atoms with Gasteiger partial charge < -0.3 is 14.5 Å². The molecule has 0 aliphatic carbocycles. The van der Waals surface area contributed by atoms with Crippen molar-refractivity contribution < 1.29 is 9.47 Å². The van der Waals surface area contributed by atoms with Gasteiger partial charge in [0.05, 0.1) is 11.0 Å². The summed E-state index contributed by atoms with van der Waals surface area (Å²) in [6.45, 7) is 0.293. The minimum atomic E-state index is 0.293. The molecule has 3 aromatic rings. The highest BCUT2D eigenvalue weighted by atomic mass is 79.9. The molecule has 4 nitrogen and oxygen atoms in total. The smallest absolute Gasteiger partial charge is 0.231 e. The maximum Gasteiger partial charge on any atom is 0.231 e. The molecule has 1 aliphatic heterocycles. The van der Waals surface area contributed by atoms with Crippen LogP contribution in [0.25, 0.3) is 23.2 Å². The largest absolute Gasteiger partial charge is 0.454 e. The second-order valence-corrected chi connectivity index (χ2v) is 5.65. The normalized spacial score (nSPS) is 13.4. The number of imidazole rings is 1. The van der Waals surface area contributed by atoms with Crippen molar-refractivity contribution in [1.29, 1.82) is 0 Å². The first-order valence-electron chi connectivity index (χ1n) is 6.51. The second kappa shape index (κ2) is 4.93. The Morgan fingerprint density at radius 2 is 1.95 bits per heavy atom. The van der Waals surface area contributed by atoms with Crippen molar-refractivity contribution >= 4 is 39.1 Å². The summed E-state index contributed by atoms with van der Waals surface area (Å²) < 4.78 is 11.7. The van der Waals surface area contributed by atoms with Gasteiger partial charge in [0, 0.05) is 4.47 Å². The molecule has 1 N–H and O–H groups in total. The Morgan fingerprint density at radius 3 is 2.90 bits per heavy atom. The van der Waals surface area contributed by atoms with Crippen LogP contribution < -0.4 is 9.47 Å². The number of nitrogens with zero attached hydrogens (tertiary/aromatic N) is 1. The van der Waals surface area contributed by atoms with Crippen LogP contribution >= 0.6 is 15.9 Å². The minimum Gasteiger partial charge on any atom is -0.454 e. The molecule has 0 bridgehead atoms. The van der Waals surface area contributed by atoms with Crippen molar-refractivity contribution in [3.8, 4) is 11.5 Å². The Morgan fingerprint density at radius 1 is 1.05 bits per heavy atom. The van der Waals surface area contributed by atoms with E-state index in [1.807, 2.05) is 48.6 Å². The van der Waals surface area contributed by atoms with Crippen LogP contribution in [0.2, 0.25) is 0 Å². The van der Waals surface area contributed by atoms with Crippen LogP contribution in [0.15, 0.2) is 40.9 Å². The molecule has 0 saturated heterocycles. The molecule has 2 heterocycles. The fourth-order valence-corrected chi connectivity index (χ4v) is 2.63. The maximum atomic E-state index is 5.37. The van der Waals surface area contributed by atoms with Gasteiger partial charge in [-0.05, 0) is 42.0 Å². The van der Waals surface area contributed by atoms with Crippen LogP contribution in [0.5, 0.6) is 11.5 Å². The van der Waals surface area contributed by atoms with Crippen LogP contribution in [0.1, 0.15) is 11.4 Å². The van der Waals surface area contributed by atoms with Gasteiger partial charge >= 0.3 is 0 Å². The molecule has 4 rings (SSSR count). The summed E-state index contributed by atoms with van der Waals surface area (Å²) in [6.07, 6.45) is 3.94. The van der Waals surface area contributed by atoms with Gasteiger partial charge in [0.15, 0.2) is 11.5 Å². The van der Waals surface area contributed by atoms with Gasteiger partial charge in [0.25, 0.3) is 0 Å². The molecule has 0 saturated carbocycles. The molecule has 0 unspecified atom stereocenters. The number of rotatable bonds is 2. The van der Waals surface area contributed by atoms with E-state index in [1.165, 1.54) is 0 Å². The summed E-state index contributed by atoms with van der Waals surface area (Å²) in [5.74, 6) is 2.40. The lowest BCUT2D eigenvalue weighted by Gasteiger charge is -1.96. The first-order chi connectivity index (χ1) is 10.3. The molecule has 0 spiro atoms. The van der Waals surface area contributed by atoms with Crippen molar-refractivity contribution in [2.45, 2.75) is 0 Å². The fraction of sp³-hybridized carbons (Fsp3) is 0.0625. The van der Waals surface area contributed by atoms with E-state index in [9.17, 15) is 0 Å². The average Bonchev–Trinajstić information content (AvgIpc) is 3.09. The first-order valence-corrected chi connectivity index (χ1v) is 7.30. The van der Waals surface area contributed by atoms with Gasteiger partial charge in [-0.2, -0.15) is 0 Å². The van der Waals surface area contributed by atoms with Gasteiger partial charge in [-0.1, -0.05) is 28.1 Å². The number of hydrogen-bond donors (Lipinski definition) is 1. The van der Waals surface area contributed by atoms with Crippen LogP contribution in [0, 0.1) is 0 Å². The molecular weight excluding hydrogens is 332 g/mol. The summed E-state index contributed by atoms with van der Waals surface area (Å²) in [4.78, 5) is 7.80. The Balaban J connectivity index is 1.64. The van der Waals surface area contributed by atoms with Gasteiger partial charge in [-0.25, -0.2) is 4.98 Å². The summed E-state index contributed by atoms with van der Waals surface area (Å²) in [6, 6.07) is 11.8. The van der Waals surface area contributed by atoms with E-state index < -0.39 is 0 Å². The minimum absolute atomic E-state index is 0.293. The van der Waals surface area contributed by atoms with Crippen LogP contribution in [0.3, 0.4) is 0 Å². The van der Waals surface area contributed by atoms with Crippen molar-refractivity contribution in [2.75, 3.05) is 6.79 Å². The Bertz CT molecular complexity index is 855. The molecule has 1 aliphatic rings. The number of halogens is 1. The summed E-state index contributed by atoms with van der Waals surface area (Å²) in [5.41, 5.74) is 3.00. The number of aromatic amines is 1.